The Balaban J connectivity index is 1.51. The number of hydrogen-bond donors (Lipinski definition) is 1. The van der Waals surface area contributed by atoms with E-state index in [9.17, 15) is 9.90 Å². The van der Waals surface area contributed by atoms with E-state index in [-0.39, 0.29) is 29.7 Å². The average molecular weight is 439 g/mol. The maximum Gasteiger partial charge on any atom is 0.263 e. The molecule has 3 heterocycles. The van der Waals surface area contributed by atoms with Gasteiger partial charge in [-0.3, -0.25) is 9.80 Å². The van der Waals surface area contributed by atoms with Crippen molar-refractivity contribution in [1.82, 2.24) is 4.57 Å². The second kappa shape index (κ2) is 7.41. The van der Waals surface area contributed by atoms with Gasteiger partial charge in [-0.15, -0.1) is 0 Å². The monoisotopic (exact) mass is 439 g/mol. The molecule has 164 valence electrons. The average Bonchev–Trinajstić information content (AvgIpc) is 3.50. The fraction of sp³-hybridized carbons (Fsp3) is 0.154. The van der Waals surface area contributed by atoms with E-state index in [2.05, 4.69) is 0 Å². The number of fused-ring (bicyclic) bond motifs is 2. The Morgan fingerprint density at radius 3 is 2.58 bits per heavy atom. The van der Waals surface area contributed by atoms with E-state index < -0.39 is 0 Å². The molecule has 4 aromatic rings. The van der Waals surface area contributed by atoms with Crippen molar-refractivity contribution in [2.75, 3.05) is 11.8 Å². The van der Waals surface area contributed by atoms with Crippen LogP contribution in [0.3, 0.4) is 0 Å². The smallest absolute Gasteiger partial charge is 0.263 e. The van der Waals surface area contributed by atoms with Crippen molar-refractivity contribution in [3.8, 4) is 17.2 Å². The Bertz CT molecular complexity index is 1480. The lowest BCUT2D eigenvalue weighted by atomic mass is 9.97. The third-order valence-corrected chi connectivity index (χ3v) is 6.28. The number of anilines is 1. The number of hydrazone groups is 1. The van der Waals surface area contributed by atoms with Crippen LogP contribution in [0.25, 0.3) is 10.9 Å². The second-order valence-corrected chi connectivity index (χ2v) is 8.16. The lowest BCUT2D eigenvalue weighted by molar-refractivity contribution is 0.174. The summed E-state index contributed by atoms with van der Waals surface area (Å²) in [4.78, 5) is 13.3. The molecule has 1 aromatic heterocycles. The minimum atomic E-state index is -0.274. The van der Waals surface area contributed by atoms with Gasteiger partial charge in [0, 0.05) is 18.9 Å². The SMILES string of the molecule is Cn1c(=O)c(C2=NN(c3ccccc3)[C@H](c3ccc4c(c3)OCO4)C2)c(O)c2ccccc21. The molecule has 0 fully saturated rings. The summed E-state index contributed by atoms with van der Waals surface area (Å²) in [5, 5.41) is 18.5. The first-order chi connectivity index (χ1) is 16.1. The molecule has 0 saturated carbocycles. The Morgan fingerprint density at radius 1 is 0.970 bits per heavy atom. The molecule has 0 aliphatic carbocycles. The van der Waals surface area contributed by atoms with Crippen LogP contribution < -0.4 is 20.0 Å². The molecule has 7 heteroatoms. The summed E-state index contributed by atoms with van der Waals surface area (Å²) >= 11 is 0. The molecule has 7 nitrogen and oxygen atoms in total. The molecule has 0 radical (unpaired) electrons. The third-order valence-electron chi connectivity index (χ3n) is 6.28. The molecule has 0 bridgehead atoms. The molecule has 0 spiro atoms. The Morgan fingerprint density at radius 2 is 1.73 bits per heavy atom. The lowest BCUT2D eigenvalue weighted by Crippen LogP contribution is -2.24. The van der Waals surface area contributed by atoms with E-state index in [0.717, 1.165) is 11.3 Å². The molecule has 3 aromatic carbocycles. The van der Waals surface area contributed by atoms with Crippen molar-refractivity contribution >= 4 is 22.3 Å². The highest BCUT2D eigenvalue weighted by atomic mass is 16.7. The minimum Gasteiger partial charge on any atom is -0.506 e. The molecule has 0 amide bonds. The Kier molecular flexibility index (Phi) is 4.36. The van der Waals surface area contributed by atoms with Crippen LogP contribution in [0.15, 0.2) is 82.7 Å². The zero-order chi connectivity index (χ0) is 22.5. The molecule has 33 heavy (non-hydrogen) atoms. The normalized spacial score (nSPS) is 16.9. The van der Waals surface area contributed by atoms with Crippen molar-refractivity contribution in [3.63, 3.8) is 0 Å². The topological polar surface area (TPSA) is 76.3 Å². The Hall–Kier alpha value is -4.26. The van der Waals surface area contributed by atoms with Crippen LogP contribution in [-0.2, 0) is 7.05 Å². The number of nitrogens with zero attached hydrogens (tertiary/aromatic N) is 3. The largest absolute Gasteiger partial charge is 0.506 e. The maximum absolute atomic E-state index is 13.3. The van der Waals surface area contributed by atoms with E-state index in [1.165, 1.54) is 0 Å². The van der Waals surface area contributed by atoms with Gasteiger partial charge in [-0.05, 0) is 42.0 Å². The van der Waals surface area contributed by atoms with Gasteiger partial charge in [-0.1, -0.05) is 36.4 Å². The first-order valence-corrected chi connectivity index (χ1v) is 10.7. The number of benzene rings is 3. The van der Waals surface area contributed by atoms with Gasteiger partial charge in [-0.25, -0.2) is 0 Å². The molecule has 2 aliphatic rings. The van der Waals surface area contributed by atoms with Gasteiger partial charge in [0.05, 0.1) is 23.0 Å². The fourth-order valence-electron chi connectivity index (χ4n) is 4.60. The number of para-hydroxylation sites is 2. The number of rotatable bonds is 3. The molecule has 2 aliphatic heterocycles. The highest BCUT2D eigenvalue weighted by Crippen LogP contribution is 2.41. The number of aromatic hydroxyl groups is 1. The number of aryl methyl sites for hydroxylation is 1. The lowest BCUT2D eigenvalue weighted by Gasteiger charge is -2.24. The van der Waals surface area contributed by atoms with Gasteiger partial charge in [0.25, 0.3) is 5.56 Å². The Labute approximate surface area is 189 Å². The summed E-state index contributed by atoms with van der Waals surface area (Å²) in [5.74, 6) is 1.37. The van der Waals surface area contributed by atoms with E-state index >= 15 is 0 Å². The van der Waals surface area contributed by atoms with Crippen molar-refractivity contribution in [1.29, 1.82) is 0 Å². The highest BCUT2D eigenvalue weighted by molar-refractivity contribution is 6.08. The summed E-state index contributed by atoms with van der Waals surface area (Å²) in [5.41, 5.74) is 3.07. The maximum atomic E-state index is 13.3. The summed E-state index contributed by atoms with van der Waals surface area (Å²) in [6, 6.07) is 22.8. The molecular weight excluding hydrogens is 418 g/mol. The predicted octanol–water partition coefficient (Wildman–Crippen LogP) is 4.33. The zero-order valence-corrected chi connectivity index (χ0v) is 17.9. The summed E-state index contributed by atoms with van der Waals surface area (Å²) in [7, 11) is 1.72. The number of ether oxygens (including phenoxy) is 2. The molecule has 1 N–H and O–H groups in total. The van der Waals surface area contributed by atoms with Gasteiger partial charge >= 0.3 is 0 Å². The van der Waals surface area contributed by atoms with Crippen LogP contribution in [-0.4, -0.2) is 22.2 Å². The van der Waals surface area contributed by atoms with E-state index in [1.54, 1.807) is 11.6 Å². The van der Waals surface area contributed by atoms with Crippen LogP contribution in [0.4, 0.5) is 5.69 Å². The summed E-state index contributed by atoms with van der Waals surface area (Å²) in [6.45, 7) is 0.203. The summed E-state index contributed by atoms with van der Waals surface area (Å²) < 4.78 is 12.6. The first-order valence-electron chi connectivity index (χ1n) is 10.7. The van der Waals surface area contributed by atoms with Gasteiger partial charge < -0.3 is 19.1 Å². The van der Waals surface area contributed by atoms with Crippen LogP contribution in [0, 0.1) is 0 Å². The van der Waals surface area contributed by atoms with Gasteiger partial charge in [-0.2, -0.15) is 5.10 Å². The van der Waals surface area contributed by atoms with Gasteiger partial charge in [0.1, 0.15) is 11.3 Å². The van der Waals surface area contributed by atoms with Crippen molar-refractivity contribution in [2.24, 2.45) is 12.1 Å². The van der Waals surface area contributed by atoms with Crippen LogP contribution >= 0.6 is 0 Å². The summed E-state index contributed by atoms with van der Waals surface area (Å²) in [6.07, 6.45) is 0.454. The third kappa shape index (κ3) is 3.04. The first kappa shape index (κ1) is 19.4. The zero-order valence-electron chi connectivity index (χ0n) is 17.9. The van der Waals surface area contributed by atoms with Crippen molar-refractivity contribution in [3.05, 3.63) is 94.3 Å². The number of aromatic nitrogens is 1. The molecule has 0 unspecified atom stereocenters. The van der Waals surface area contributed by atoms with Crippen molar-refractivity contribution in [2.45, 2.75) is 12.5 Å². The van der Waals surface area contributed by atoms with Gasteiger partial charge in [0.2, 0.25) is 6.79 Å². The highest BCUT2D eigenvalue weighted by Gasteiger charge is 2.34. The van der Waals surface area contributed by atoms with E-state index in [0.29, 0.717) is 34.5 Å². The fourth-order valence-corrected chi connectivity index (χ4v) is 4.60. The number of pyridine rings is 1. The molecule has 6 rings (SSSR count). The quantitative estimate of drug-likeness (QED) is 0.514. The van der Waals surface area contributed by atoms with Crippen LogP contribution in [0.1, 0.15) is 23.6 Å². The van der Waals surface area contributed by atoms with Crippen molar-refractivity contribution < 1.29 is 14.6 Å². The predicted molar refractivity (Wildman–Crippen MR) is 126 cm³/mol. The minimum absolute atomic E-state index is 0.0354. The second-order valence-electron chi connectivity index (χ2n) is 8.16. The standard InChI is InChI=1S/C26H21N3O4/c1-28-20-10-6-5-9-18(20)25(30)24(26(28)31)19-14-21(29(27-19)17-7-3-2-4-8-17)16-11-12-22-23(13-16)33-15-32-22/h2-13,21,30H,14-15H2,1H3/t21-/m0/s1. The van der Waals surface area contributed by atoms with Crippen LogP contribution in [0.5, 0.6) is 17.2 Å². The van der Waals surface area contributed by atoms with Gasteiger partial charge in [0.15, 0.2) is 11.5 Å². The molecular formula is C26H21N3O4. The van der Waals surface area contributed by atoms with E-state index in [1.807, 2.05) is 77.8 Å². The molecule has 0 saturated heterocycles. The van der Waals surface area contributed by atoms with Crippen LogP contribution in [0.2, 0.25) is 0 Å². The van der Waals surface area contributed by atoms with E-state index in [4.69, 9.17) is 14.6 Å². The molecule has 1 atom stereocenters. The number of hydrogen-bond acceptors (Lipinski definition) is 6.